The number of aryl methyl sites for hydroxylation is 2. The van der Waals surface area contributed by atoms with E-state index in [-0.39, 0.29) is 0 Å². The predicted octanol–water partition coefficient (Wildman–Crippen LogP) is 9.76. The highest BCUT2D eigenvalue weighted by Gasteiger charge is 2.23. The Labute approximate surface area is 227 Å². The molecule has 0 aliphatic carbocycles. The van der Waals surface area contributed by atoms with Crippen molar-refractivity contribution in [2.45, 2.75) is 39.7 Å². The van der Waals surface area contributed by atoms with Gasteiger partial charge in [0.15, 0.2) is 0 Å². The number of nitrogens with one attached hydrogen (secondary N) is 2. The first-order chi connectivity index (χ1) is 19.2. The summed E-state index contributed by atoms with van der Waals surface area (Å²) in [6, 6.07) is 33.4. The fourth-order valence-electron chi connectivity index (χ4n) is 6.82. The summed E-state index contributed by atoms with van der Waals surface area (Å²) < 4.78 is 2.57. The normalized spacial score (nSPS) is 12.3. The molecule has 0 atom stereocenters. The minimum atomic E-state index is 0.842. The second-order valence-electron chi connectivity index (χ2n) is 11.0. The summed E-state index contributed by atoms with van der Waals surface area (Å²) >= 11 is 0. The molecule has 8 rings (SSSR count). The molecule has 0 fully saturated rings. The molecular weight excluding hydrogens is 474 g/mol. The number of fused-ring (bicyclic) bond motifs is 11. The number of unbranched alkanes of at least 4 members (excludes halogenated alkanes) is 1. The van der Waals surface area contributed by atoms with E-state index >= 15 is 0 Å². The summed E-state index contributed by atoms with van der Waals surface area (Å²) in [5.74, 6) is 0. The van der Waals surface area contributed by atoms with Gasteiger partial charge in [0.05, 0.1) is 22.1 Å². The van der Waals surface area contributed by atoms with Gasteiger partial charge in [-0.25, -0.2) is 0 Å². The zero-order valence-corrected chi connectivity index (χ0v) is 22.4. The third-order valence-electron chi connectivity index (χ3n) is 8.62. The maximum absolute atomic E-state index is 3.84. The van der Waals surface area contributed by atoms with Gasteiger partial charge in [0.25, 0.3) is 0 Å². The molecule has 0 bridgehead atoms. The number of nitrogens with zero attached hydrogens (tertiary/aromatic N) is 1. The Morgan fingerprint density at radius 2 is 1.23 bits per heavy atom. The Balaban J connectivity index is 1.65. The minimum absolute atomic E-state index is 0.842. The Morgan fingerprint density at radius 1 is 0.641 bits per heavy atom. The van der Waals surface area contributed by atoms with Crippen LogP contribution in [0.4, 0.5) is 0 Å². The average molecular weight is 506 g/mol. The van der Waals surface area contributed by atoms with Gasteiger partial charge in [-0.1, -0.05) is 80.1 Å². The lowest BCUT2D eigenvalue weighted by atomic mass is 9.97. The van der Waals surface area contributed by atoms with Crippen LogP contribution in [0.15, 0.2) is 91.0 Å². The van der Waals surface area contributed by atoms with E-state index in [1.807, 2.05) is 0 Å². The van der Waals surface area contributed by atoms with Crippen LogP contribution in [-0.2, 0) is 13.0 Å². The van der Waals surface area contributed by atoms with Gasteiger partial charge in [-0.15, -0.1) is 0 Å². The number of H-pyrrole nitrogens is 2. The van der Waals surface area contributed by atoms with Crippen LogP contribution >= 0.6 is 0 Å². The van der Waals surface area contributed by atoms with Crippen molar-refractivity contribution in [3.63, 3.8) is 0 Å². The van der Waals surface area contributed by atoms with E-state index in [1.54, 1.807) is 0 Å². The first kappa shape index (κ1) is 22.5. The summed E-state index contributed by atoms with van der Waals surface area (Å²) in [5.41, 5.74) is 11.6. The third kappa shape index (κ3) is 3.23. The molecule has 8 aromatic rings. The Morgan fingerprint density at radius 3 is 1.92 bits per heavy atom. The molecule has 0 spiro atoms. The number of rotatable bonds is 5. The van der Waals surface area contributed by atoms with Crippen LogP contribution in [-0.4, -0.2) is 14.5 Å². The van der Waals surface area contributed by atoms with Crippen molar-refractivity contribution in [3.05, 3.63) is 108 Å². The van der Waals surface area contributed by atoms with Crippen LogP contribution in [0.3, 0.4) is 0 Å². The highest BCUT2D eigenvalue weighted by molar-refractivity contribution is 6.36. The van der Waals surface area contributed by atoms with E-state index < -0.39 is 0 Å². The molecule has 3 heterocycles. The molecule has 3 heteroatoms. The molecule has 3 nitrogen and oxygen atoms in total. The minimum Gasteiger partial charge on any atom is -0.354 e. The SMILES string of the molecule is CCCCc1cc2c(c3c1[nH]c1ccccc13)c1c3c([nH]c4ccccc43)c(C)cc1n2Cc1ccccc1. The van der Waals surface area contributed by atoms with E-state index in [4.69, 9.17) is 0 Å². The first-order valence-electron chi connectivity index (χ1n) is 14.1. The zero-order valence-electron chi connectivity index (χ0n) is 22.4. The monoisotopic (exact) mass is 505 g/mol. The summed E-state index contributed by atoms with van der Waals surface area (Å²) in [5, 5.41) is 8.03. The quantitative estimate of drug-likeness (QED) is 0.234. The van der Waals surface area contributed by atoms with Gasteiger partial charge < -0.3 is 14.5 Å². The van der Waals surface area contributed by atoms with Crippen molar-refractivity contribution in [3.8, 4) is 0 Å². The van der Waals surface area contributed by atoms with E-state index in [1.165, 1.54) is 94.9 Å². The standard InChI is InChI=1S/C36H31N3/c1-3-4-14-24-20-30-34(32-26-16-9-11-18-28(26)38-36(24)32)33-29(39(30)21-23-12-6-5-7-13-23)19-22(2)35-31(33)25-15-8-10-17-27(25)37-35/h5-13,15-20,37-38H,3-4,14,21H2,1-2H3. The maximum Gasteiger partial charge on any atom is 0.0505 e. The fraction of sp³-hybridized carbons (Fsp3) is 0.167. The van der Waals surface area contributed by atoms with E-state index in [0.29, 0.717) is 0 Å². The topological polar surface area (TPSA) is 36.5 Å². The maximum atomic E-state index is 3.84. The molecule has 3 aromatic heterocycles. The first-order valence-corrected chi connectivity index (χ1v) is 14.1. The van der Waals surface area contributed by atoms with Gasteiger partial charge in [-0.05, 0) is 60.7 Å². The number of para-hydroxylation sites is 2. The molecule has 0 saturated heterocycles. The Kier molecular flexibility index (Phi) is 4.90. The summed E-state index contributed by atoms with van der Waals surface area (Å²) in [4.78, 5) is 7.61. The van der Waals surface area contributed by atoms with Crippen LogP contribution in [0.5, 0.6) is 0 Å². The molecule has 0 radical (unpaired) electrons. The molecule has 2 N–H and O–H groups in total. The summed E-state index contributed by atoms with van der Waals surface area (Å²) in [7, 11) is 0. The lowest BCUT2D eigenvalue weighted by Crippen LogP contribution is -2.00. The molecule has 39 heavy (non-hydrogen) atoms. The second-order valence-corrected chi connectivity index (χ2v) is 11.0. The molecule has 0 amide bonds. The molecule has 190 valence electrons. The van der Waals surface area contributed by atoms with Gasteiger partial charge >= 0.3 is 0 Å². The molecule has 0 unspecified atom stereocenters. The van der Waals surface area contributed by atoms with Crippen molar-refractivity contribution in [1.29, 1.82) is 0 Å². The molecule has 0 aliphatic heterocycles. The smallest absolute Gasteiger partial charge is 0.0505 e. The largest absolute Gasteiger partial charge is 0.354 e. The van der Waals surface area contributed by atoms with Gasteiger partial charge in [-0.2, -0.15) is 0 Å². The lowest BCUT2D eigenvalue weighted by molar-refractivity contribution is 0.797. The van der Waals surface area contributed by atoms with Crippen LogP contribution in [0.25, 0.3) is 65.4 Å². The number of aromatic nitrogens is 3. The third-order valence-corrected chi connectivity index (χ3v) is 8.62. The van der Waals surface area contributed by atoms with Crippen LogP contribution in [0, 0.1) is 6.92 Å². The molecule has 0 aliphatic rings. The van der Waals surface area contributed by atoms with Crippen molar-refractivity contribution >= 4 is 65.4 Å². The lowest BCUT2D eigenvalue weighted by Gasteiger charge is -2.10. The molecular formula is C36H31N3. The predicted molar refractivity (Wildman–Crippen MR) is 167 cm³/mol. The second kappa shape index (κ2) is 8.51. The van der Waals surface area contributed by atoms with Crippen molar-refractivity contribution in [2.75, 3.05) is 0 Å². The number of hydrogen-bond donors (Lipinski definition) is 2. The highest BCUT2D eigenvalue weighted by Crippen LogP contribution is 2.45. The van der Waals surface area contributed by atoms with Crippen LogP contribution < -0.4 is 0 Å². The molecule has 5 aromatic carbocycles. The van der Waals surface area contributed by atoms with Crippen molar-refractivity contribution in [1.82, 2.24) is 14.5 Å². The number of hydrogen-bond acceptors (Lipinski definition) is 0. The van der Waals surface area contributed by atoms with Crippen LogP contribution in [0.2, 0.25) is 0 Å². The van der Waals surface area contributed by atoms with Crippen molar-refractivity contribution < 1.29 is 0 Å². The summed E-state index contributed by atoms with van der Waals surface area (Å²) in [6.45, 7) is 5.37. The van der Waals surface area contributed by atoms with Gasteiger partial charge in [0, 0.05) is 49.9 Å². The van der Waals surface area contributed by atoms with Crippen LogP contribution in [0.1, 0.15) is 36.5 Å². The number of aromatic amines is 2. The van der Waals surface area contributed by atoms with Gasteiger partial charge in [0.2, 0.25) is 0 Å². The zero-order chi connectivity index (χ0) is 26.1. The van der Waals surface area contributed by atoms with Crippen molar-refractivity contribution in [2.24, 2.45) is 0 Å². The Hall–Kier alpha value is -4.50. The number of benzene rings is 5. The van der Waals surface area contributed by atoms with E-state index in [0.717, 1.165) is 13.0 Å². The van der Waals surface area contributed by atoms with E-state index in [2.05, 4.69) is 119 Å². The Bertz CT molecular complexity index is 2190. The van der Waals surface area contributed by atoms with Gasteiger partial charge in [-0.3, -0.25) is 0 Å². The fourth-order valence-corrected chi connectivity index (χ4v) is 6.82. The summed E-state index contributed by atoms with van der Waals surface area (Å²) in [6.07, 6.45) is 3.44. The average Bonchev–Trinajstić information content (AvgIpc) is 3.63. The van der Waals surface area contributed by atoms with Gasteiger partial charge in [0.1, 0.15) is 0 Å². The molecule has 0 saturated carbocycles. The highest BCUT2D eigenvalue weighted by atomic mass is 15.0. The van der Waals surface area contributed by atoms with E-state index in [9.17, 15) is 0 Å².